The molecule has 0 aliphatic carbocycles. The minimum absolute atomic E-state index is 0.150. The second kappa shape index (κ2) is 7.69. The Balaban J connectivity index is 1.76. The Hall–Kier alpha value is -3.35. The fourth-order valence-corrected chi connectivity index (χ4v) is 2.69. The van der Waals surface area contributed by atoms with Gasteiger partial charge in [0.1, 0.15) is 5.75 Å². The number of hydrogen-bond acceptors (Lipinski definition) is 5. The molecule has 0 unspecified atom stereocenters. The standard InChI is InChI=1S/C19H20N4O3/c1-3-23-18(25)15-9-4-5-10-16(15)20-19(23)22-21-17(24)12-13-7-6-8-14(11-13)26-2/h4-11H,3,12H2,1-2H3,(H,20,22)(H,21,24). The third-order valence-corrected chi connectivity index (χ3v) is 3.99. The number of aromatic nitrogens is 2. The molecule has 1 heterocycles. The van der Waals surface area contributed by atoms with Crippen LogP contribution < -0.4 is 21.1 Å². The van der Waals surface area contributed by atoms with Crippen LogP contribution in [0.25, 0.3) is 10.9 Å². The zero-order valence-electron chi connectivity index (χ0n) is 14.7. The fourth-order valence-electron chi connectivity index (χ4n) is 2.69. The number of amides is 1. The van der Waals surface area contributed by atoms with E-state index in [-0.39, 0.29) is 17.9 Å². The van der Waals surface area contributed by atoms with E-state index in [4.69, 9.17) is 4.74 Å². The second-order valence-corrected chi connectivity index (χ2v) is 5.70. The Morgan fingerprint density at radius 3 is 2.77 bits per heavy atom. The summed E-state index contributed by atoms with van der Waals surface area (Å²) in [5, 5.41) is 0.544. The Kier molecular flexibility index (Phi) is 5.17. The van der Waals surface area contributed by atoms with Crippen LogP contribution in [-0.2, 0) is 17.8 Å². The number of benzene rings is 2. The smallest absolute Gasteiger partial charge is 0.262 e. The molecule has 0 aliphatic heterocycles. The van der Waals surface area contributed by atoms with Crippen LogP contribution in [0.4, 0.5) is 5.95 Å². The van der Waals surface area contributed by atoms with Crippen molar-refractivity contribution in [2.24, 2.45) is 0 Å². The molecule has 3 rings (SSSR count). The largest absolute Gasteiger partial charge is 0.497 e. The van der Waals surface area contributed by atoms with E-state index in [9.17, 15) is 9.59 Å². The minimum atomic E-state index is -0.247. The summed E-state index contributed by atoms with van der Waals surface area (Å²) < 4.78 is 6.63. The quantitative estimate of drug-likeness (QED) is 0.664. The highest BCUT2D eigenvalue weighted by Crippen LogP contribution is 2.13. The minimum Gasteiger partial charge on any atom is -0.497 e. The van der Waals surface area contributed by atoms with Gasteiger partial charge in [0.25, 0.3) is 5.56 Å². The number of ether oxygens (including phenoxy) is 1. The van der Waals surface area contributed by atoms with Crippen LogP contribution in [0.2, 0.25) is 0 Å². The number of fused-ring (bicyclic) bond motifs is 1. The molecule has 1 amide bonds. The number of methoxy groups -OCH3 is 1. The van der Waals surface area contributed by atoms with Gasteiger partial charge in [0.2, 0.25) is 11.9 Å². The first-order chi connectivity index (χ1) is 12.6. The van der Waals surface area contributed by atoms with E-state index < -0.39 is 0 Å². The van der Waals surface area contributed by atoms with Gasteiger partial charge in [-0.2, -0.15) is 0 Å². The van der Waals surface area contributed by atoms with E-state index in [0.717, 1.165) is 5.56 Å². The summed E-state index contributed by atoms with van der Waals surface area (Å²) >= 11 is 0. The number of nitrogens with zero attached hydrogens (tertiary/aromatic N) is 2. The SMILES string of the molecule is CCn1c(NNC(=O)Cc2cccc(OC)c2)nc2ccccc2c1=O. The third-order valence-electron chi connectivity index (χ3n) is 3.99. The molecule has 1 aromatic heterocycles. The highest BCUT2D eigenvalue weighted by atomic mass is 16.5. The first-order valence-corrected chi connectivity index (χ1v) is 8.29. The van der Waals surface area contributed by atoms with Crippen molar-refractivity contribution >= 4 is 22.8 Å². The van der Waals surface area contributed by atoms with Crippen LogP contribution in [0.15, 0.2) is 53.3 Å². The van der Waals surface area contributed by atoms with E-state index in [0.29, 0.717) is 29.1 Å². The maximum atomic E-state index is 12.5. The number of rotatable bonds is 6. The van der Waals surface area contributed by atoms with Gasteiger partial charge in [-0.05, 0) is 36.8 Å². The Morgan fingerprint density at radius 1 is 1.19 bits per heavy atom. The summed E-state index contributed by atoms with van der Waals surface area (Å²) in [6.45, 7) is 2.28. The molecule has 2 N–H and O–H groups in total. The maximum Gasteiger partial charge on any atom is 0.262 e. The molecule has 7 heteroatoms. The van der Waals surface area contributed by atoms with Crippen LogP contribution in [0.1, 0.15) is 12.5 Å². The molecule has 0 saturated heterocycles. The Bertz CT molecular complexity index is 997. The average Bonchev–Trinajstić information content (AvgIpc) is 2.66. The summed E-state index contributed by atoms with van der Waals surface area (Å²) in [5.41, 5.74) is 6.61. The van der Waals surface area contributed by atoms with Crippen molar-refractivity contribution in [3.8, 4) is 5.75 Å². The van der Waals surface area contributed by atoms with Crippen molar-refractivity contribution in [2.45, 2.75) is 19.9 Å². The molecule has 0 atom stereocenters. The summed E-state index contributed by atoms with van der Waals surface area (Å²) in [7, 11) is 1.58. The summed E-state index contributed by atoms with van der Waals surface area (Å²) in [5.74, 6) is 0.748. The topological polar surface area (TPSA) is 85.2 Å². The van der Waals surface area contributed by atoms with Crippen LogP contribution in [0.5, 0.6) is 5.75 Å². The number of para-hydroxylation sites is 1. The van der Waals surface area contributed by atoms with Gasteiger partial charge in [-0.3, -0.25) is 25.0 Å². The predicted molar refractivity (Wildman–Crippen MR) is 100 cm³/mol. The molecule has 0 radical (unpaired) electrons. The highest BCUT2D eigenvalue weighted by Gasteiger charge is 2.11. The first-order valence-electron chi connectivity index (χ1n) is 8.29. The van der Waals surface area contributed by atoms with E-state index in [2.05, 4.69) is 15.8 Å². The summed E-state index contributed by atoms with van der Waals surface area (Å²) in [6, 6.07) is 14.4. The van der Waals surface area contributed by atoms with Crippen molar-refractivity contribution in [1.29, 1.82) is 0 Å². The van der Waals surface area contributed by atoms with Crippen molar-refractivity contribution in [1.82, 2.24) is 15.0 Å². The van der Waals surface area contributed by atoms with Crippen LogP contribution >= 0.6 is 0 Å². The van der Waals surface area contributed by atoms with Gasteiger partial charge < -0.3 is 4.74 Å². The van der Waals surface area contributed by atoms with Gasteiger partial charge in [-0.25, -0.2) is 4.98 Å². The summed E-state index contributed by atoms with van der Waals surface area (Å²) in [6.07, 6.45) is 0.175. The van der Waals surface area contributed by atoms with E-state index in [1.165, 1.54) is 4.57 Å². The van der Waals surface area contributed by atoms with Gasteiger partial charge in [-0.1, -0.05) is 24.3 Å². The van der Waals surface area contributed by atoms with Gasteiger partial charge in [0.15, 0.2) is 0 Å². The highest BCUT2D eigenvalue weighted by molar-refractivity contribution is 5.81. The van der Waals surface area contributed by atoms with Crippen LogP contribution in [0.3, 0.4) is 0 Å². The molecule has 0 bridgehead atoms. The predicted octanol–water partition coefficient (Wildman–Crippen LogP) is 2.11. The van der Waals surface area contributed by atoms with Gasteiger partial charge in [0.05, 0.1) is 24.4 Å². The van der Waals surface area contributed by atoms with Gasteiger partial charge >= 0.3 is 0 Å². The van der Waals surface area contributed by atoms with Crippen LogP contribution in [0, 0.1) is 0 Å². The number of carbonyl (C=O) groups excluding carboxylic acids is 1. The lowest BCUT2D eigenvalue weighted by molar-refractivity contribution is -0.119. The zero-order valence-corrected chi connectivity index (χ0v) is 14.7. The Labute approximate surface area is 150 Å². The molecular weight excluding hydrogens is 332 g/mol. The third kappa shape index (κ3) is 3.66. The van der Waals surface area contributed by atoms with E-state index in [1.807, 2.05) is 31.2 Å². The second-order valence-electron chi connectivity index (χ2n) is 5.70. The molecular formula is C19H20N4O3. The fraction of sp³-hybridized carbons (Fsp3) is 0.211. The maximum absolute atomic E-state index is 12.5. The first kappa shape index (κ1) is 17.5. The van der Waals surface area contributed by atoms with Crippen molar-refractivity contribution in [2.75, 3.05) is 12.5 Å². The summed E-state index contributed by atoms with van der Waals surface area (Å²) in [4.78, 5) is 29.2. The van der Waals surface area contributed by atoms with E-state index in [1.54, 1.807) is 31.4 Å². The van der Waals surface area contributed by atoms with Gasteiger partial charge in [0, 0.05) is 6.54 Å². The lowest BCUT2D eigenvalue weighted by Crippen LogP contribution is -2.35. The molecule has 26 heavy (non-hydrogen) atoms. The lowest BCUT2D eigenvalue weighted by Gasteiger charge is -2.14. The molecule has 134 valence electrons. The number of hydrazine groups is 1. The molecule has 2 aromatic carbocycles. The van der Waals surface area contributed by atoms with Crippen molar-refractivity contribution < 1.29 is 9.53 Å². The van der Waals surface area contributed by atoms with E-state index >= 15 is 0 Å². The molecule has 0 fully saturated rings. The molecule has 3 aromatic rings. The average molecular weight is 352 g/mol. The number of hydrogen-bond donors (Lipinski definition) is 2. The monoisotopic (exact) mass is 352 g/mol. The van der Waals surface area contributed by atoms with Crippen LogP contribution in [-0.4, -0.2) is 22.6 Å². The van der Waals surface area contributed by atoms with Crippen molar-refractivity contribution in [3.63, 3.8) is 0 Å². The number of anilines is 1. The number of nitrogens with one attached hydrogen (secondary N) is 2. The lowest BCUT2D eigenvalue weighted by atomic mass is 10.1. The van der Waals surface area contributed by atoms with Gasteiger partial charge in [-0.15, -0.1) is 0 Å². The number of carbonyl (C=O) groups is 1. The normalized spacial score (nSPS) is 10.5. The zero-order chi connectivity index (χ0) is 18.5. The molecule has 0 aliphatic rings. The molecule has 7 nitrogen and oxygen atoms in total. The van der Waals surface area contributed by atoms with Crippen molar-refractivity contribution in [3.05, 3.63) is 64.4 Å². The molecule has 0 saturated carbocycles. The molecule has 0 spiro atoms. The Morgan fingerprint density at radius 2 is 2.00 bits per heavy atom.